The van der Waals surface area contributed by atoms with Crippen LogP contribution in [0.2, 0.25) is 13.1 Å². The summed E-state index contributed by atoms with van der Waals surface area (Å²) in [5.41, 5.74) is 2.60. The highest BCUT2D eigenvalue weighted by molar-refractivity contribution is 6.48. The lowest BCUT2D eigenvalue weighted by atomic mass is 9.83. The minimum atomic E-state index is -0.777. The van der Waals surface area contributed by atoms with E-state index in [-0.39, 0.29) is 17.6 Å². The molecular formula is C20H31O3Si. The third-order valence-electron chi connectivity index (χ3n) is 4.72. The molecule has 2 fully saturated rings. The number of ether oxygens (including phenoxy) is 2. The van der Waals surface area contributed by atoms with Crippen LogP contribution in [0.4, 0.5) is 0 Å². The third-order valence-corrected chi connectivity index (χ3v) is 5.43. The van der Waals surface area contributed by atoms with Crippen LogP contribution in [0.1, 0.15) is 50.8 Å². The van der Waals surface area contributed by atoms with E-state index in [1.165, 1.54) is 24.0 Å². The smallest absolute Gasteiger partial charge is 0.205 e. The minimum absolute atomic E-state index is 0.0630. The van der Waals surface area contributed by atoms with Crippen LogP contribution in [0.25, 0.3) is 0 Å². The molecule has 1 radical (unpaired) electrons. The Morgan fingerprint density at radius 3 is 2.42 bits per heavy atom. The van der Waals surface area contributed by atoms with Gasteiger partial charge in [0.05, 0.1) is 25.4 Å². The van der Waals surface area contributed by atoms with Crippen LogP contribution in [0.15, 0.2) is 24.3 Å². The first kappa shape index (κ1) is 18.1. The molecule has 1 unspecified atom stereocenters. The van der Waals surface area contributed by atoms with Gasteiger partial charge in [0.1, 0.15) is 6.10 Å². The van der Waals surface area contributed by atoms with Gasteiger partial charge in [0.15, 0.2) is 0 Å². The van der Waals surface area contributed by atoms with Gasteiger partial charge in [-0.05, 0) is 48.4 Å². The van der Waals surface area contributed by atoms with Gasteiger partial charge in [-0.2, -0.15) is 0 Å². The number of rotatable bonds is 8. The van der Waals surface area contributed by atoms with Crippen LogP contribution >= 0.6 is 0 Å². The van der Waals surface area contributed by atoms with Crippen molar-refractivity contribution in [1.82, 2.24) is 0 Å². The molecule has 24 heavy (non-hydrogen) atoms. The van der Waals surface area contributed by atoms with E-state index < -0.39 is 9.04 Å². The largest absolute Gasteiger partial charge is 0.410 e. The van der Waals surface area contributed by atoms with Crippen molar-refractivity contribution in [1.29, 1.82) is 0 Å². The molecule has 1 heterocycles. The molecule has 1 saturated carbocycles. The summed E-state index contributed by atoms with van der Waals surface area (Å²) in [6, 6.07) is 8.61. The zero-order valence-electron chi connectivity index (χ0n) is 15.7. The quantitative estimate of drug-likeness (QED) is 0.503. The molecule has 1 aromatic carbocycles. The molecule has 0 amide bonds. The van der Waals surface area contributed by atoms with Crippen molar-refractivity contribution in [3.63, 3.8) is 0 Å². The number of benzene rings is 1. The molecule has 0 N–H and O–H groups in total. The lowest BCUT2D eigenvalue weighted by Crippen LogP contribution is -2.27. The summed E-state index contributed by atoms with van der Waals surface area (Å²) in [5.74, 6) is 0.709. The molecule has 0 aromatic heterocycles. The van der Waals surface area contributed by atoms with Gasteiger partial charge in [0.25, 0.3) is 0 Å². The first-order valence-corrected chi connectivity index (χ1v) is 11.5. The van der Waals surface area contributed by atoms with Crippen LogP contribution in [-0.4, -0.2) is 27.9 Å². The van der Waals surface area contributed by atoms with Crippen molar-refractivity contribution >= 4 is 9.04 Å². The Balaban J connectivity index is 1.75. The van der Waals surface area contributed by atoms with Crippen LogP contribution in [-0.2, 0) is 20.5 Å². The summed E-state index contributed by atoms with van der Waals surface area (Å²) in [5, 5.41) is 0. The average Bonchev–Trinajstić information content (AvgIpc) is 3.37. The molecular weight excluding hydrogens is 316 g/mol. The second-order valence-corrected chi connectivity index (χ2v) is 10.5. The maximum absolute atomic E-state index is 6.39. The van der Waals surface area contributed by atoms with Gasteiger partial charge in [-0.15, -0.1) is 0 Å². The molecule has 1 aliphatic carbocycles. The van der Waals surface area contributed by atoms with Crippen molar-refractivity contribution in [2.45, 2.75) is 71.6 Å². The lowest BCUT2D eigenvalue weighted by Gasteiger charge is -2.34. The average molecular weight is 348 g/mol. The zero-order valence-corrected chi connectivity index (χ0v) is 16.7. The molecule has 133 valence electrons. The fourth-order valence-corrected chi connectivity index (χ4v) is 4.22. The molecule has 1 aromatic rings. The molecule has 4 heteroatoms. The molecule has 0 bridgehead atoms. The molecule has 1 aliphatic heterocycles. The topological polar surface area (TPSA) is 31.0 Å². The summed E-state index contributed by atoms with van der Waals surface area (Å²) in [7, 11) is -0.777. The normalized spacial score (nSPS) is 23.3. The van der Waals surface area contributed by atoms with E-state index in [9.17, 15) is 0 Å². The first-order chi connectivity index (χ1) is 11.4. The molecule has 3 rings (SSSR count). The van der Waals surface area contributed by atoms with E-state index in [4.69, 9.17) is 13.9 Å². The third kappa shape index (κ3) is 4.69. The number of epoxide rings is 1. The molecule has 1 saturated heterocycles. The van der Waals surface area contributed by atoms with E-state index in [0.717, 1.165) is 6.61 Å². The maximum Gasteiger partial charge on any atom is 0.205 e. The van der Waals surface area contributed by atoms with E-state index >= 15 is 0 Å². The first-order valence-electron chi connectivity index (χ1n) is 9.14. The second kappa shape index (κ2) is 7.28. The van der Waals surface area contributed by atoms with Crippen molar-refractivity contribution in [3.8, 4) is 0 Å². The van der Waals surface area contributed by atoms with Gasteiger partial charge in [-0.3, -0.25) is 0 Å². The van der Waals surface area contributed by atoms with Crippen LogP contribution in [0, 0.1) is 11.3 Å². The molecule has 3 atom stereocenters. The van der Waals surface area contributed by atoms with Crippen molar-refractivity contribution < 1.29 is 13.9 Å². The van der Waals surface area contributed by atoms with Crippen LogP contribution in [0.5, 0.6) is 0 Å². The fraction of sp³-hybridized carbons (Fsp3) is 0.700. The Kier molecular flexibility index (Phi) is 5.50. The maximum atomic E-state index is 6.39. The molecule has 0 spiro atoms. The Bertz CT molecular complexity index is 532. The highest BCUT2D eigenvalue weighted by Gasteiger charge is 2.43. The number of hydrogen-bond donors (Lipinski definition) is 0. The summed E-state index contributed by atoms with van der Waals surface area (Å²) < 4.78 is 18.2. The predicted molar refractivity (Wildman–Crippen MR) is 98.2 cm³/mol. The van der Waals surface area contributed by atoms with Gasteiger partial charge in [0, 0.05) is 0 Å². The van der Waals surface area contributed by atoms with Crippen molar-refractivity contribution in [2.75, 3.05) is 6.61 Å². The Labute approximate surface area is 148 Å². The summed E-state index contributed by atoms with van der Waals surface area (Å²) >= 11 is 0. The Hall–Kier alpha value is -0.683. The van der Waals surface area contributed by atoms with Gasteiger partial charge in [-0.25, -0.2) is 0 Å². The fourth-order valence-electron chi connectivity index (χ4n) is 3.27. The van der Waals surface area contributed by atoms with E-state index in [1.54, 1.807) is 0 Å². The summed E-state index contributed by atoms with van der Waals surface area (Å²) in [4.78, 5) is 0. The Morgan fingerprint density at radius 1 is 1.21 bits per heavy atom. The van der Waals surface area contributed by atoms with Gasteiger partial charge < -0.3 is 13.9 Å². The van der Waals surface area contributed by atoms with E-state index in [1.807, 2.05) is 0 Å². The van der Waals surface area contributed by atoms with Crippen molar-refractivity contribution in [2.24, 2.45) is 11.3 Å². The second-order valence-electron chi connectivity index (χ2n) is 8.46. The zero-order chi connectivity index (χ0) is 17.3. The minimum Gasteiger partial charge on any atom is -0.410 e. The van der Waals surface area contributed by atoms with Gasteiger partial charge >= 0.3 is 0 Å². The number of hydrogen-bond acceptors (Lipinski definition) is 3. The van der Waals surface area contributed by atoms with Crippen LogP contribution < -0.4 is 0 Å². The van der Waals surface area contributed by atoms with Crippen LogP contribution in [0.3, 0.4) is 0 Å². The summed E-state index contributed by atoms with van der Waals surface area (Å²) in [6.45, 7) is 12.7. The molecule has 3 nitrogen and oxygen atoms in total. The van der Waals surface area contributed by atoms with E-state index in [0.29, 0.717) is 18.6 Å². The summed E-state index contributed by atoms with van der Waals surface area (Å²) in [6.07, 6.45) is 3.30. The standard InChI is InChI=1S/C20H31O3Si/c1-20(2,3)19(23-24(4)5)16-9-7-6-8-15(16)12-22-18(14-10-11-14)17-13-21-17/h6-9,14,17-19H,10-13H2,1-5H3/t17-,18-,19?/m1/s1. The van der Waals surface area contributed by atoms with Gasteiger partial charge in [-0.1, -0.05) is 45.0 Å². The van der Waals surface area contributed by atoms with Crippen molar-refractivity contribution in [3.05, 3.63) is 35.4 Å². The highest BCUT2D eigenvalue weighted by Crippen LogP contribution is 2.41. The monoisotopic (exact) mass is 347 g/mol. The van der Waals surface area contributed by atoms with Gasteiger partial charge in [0.2, 0.25) is 9.04 Å². The lowest BCUT2D eigenvalue weighted by molar-refractivity contribution is 0.00529. The highest BCUT2D eigenvalue weighted by atomic mass is 28.3. The predicted octanol–water partition coefficient (Wildman–Crippen LogP) is 4.74. The SMILES string of the molecule is C[Si](C)OC(c1ccccc1CO[C@H](C1CC1)[C@H]1CO1)C(C)(C)C. The van der Waals surface area contributed by atoms with E-state index in [2.05, 4.69) is 58.1 Å². The molecule has 2 aliphatic rings. The Morgan fingerprint density at radius 2 is 1.88 bits per heavy atom.